The number of rotatable bonds is 7. The SMILES string of the molecule is CC(C)C(N)CCN(C)CCC1CC1. The molecule has 0 aromatic heterocycles. The fourth-order valence-corrected chi connectivity index (χ4v) is 1.62. The van der Waals surface area contributed by atoms with Crippen LogP contribution in [-0.4, -0.2) is 31.1 Å². The summed E-state index contributed by atoms with van der Waals surface area (Å²) in [5.41, 5.74) is 6.01. The lowest BCUT2D eigenvalue weighted by Gasteiger charge is -2.21. The first-order valence-corrected chi connectivity index (χ1v) is 6.03. The summed E-state index contributed by atoms with van der Waals surface area (Å²) in [6.07, 6.45) is 5.48. The lowest BCUT2D eigenvalue weighted by Crippen LogP contribution is -2.32. The minimum Gasteiger partial charge on any atom is -0.327 e. The van der Waals surface area contributed by atoms with E-state index in [0.29, 0.717) is 12.0 Å². The molecule has 0 aliphatic heterocycles. The molecule has 0 aromatic rings. The van der Waals surface area contributed by atoms with Gasteiger partial charge in [-0.25, -0.2) is 0 Å². The highest BCUT2D eigenvalue weighted by atomic mass is 15.1. The van der Waals surface area contributed by atoms with Crippen molar-refractivity contribution in [3.8, 4) is 0 Å². The summed E-state index contributed by atoms with van der Waals surface area (Å²) in [4.78, 5) is 2.43. The van der Waals surface area contributed by atoms with Crippen molar-refractivity contribution in [1.29, 1.82) is 0 Å². The normalized spacial score (nSPS) is 19.3. The third kappa shape index (κ3) is 4.97. The van der Waals surface area contributed by atoms with E-state index in [2.05, 4.69) is 25.8 Å². The van der Waals surface area contributed by atoms with Gasteiger partial charge in [-0.05, 0) is 44.8 Å². The predicted octanol–water partition coefficient (Wildman–Crippen LogP) is 2.09. The lowest BCUT2D eigenvalue weighted by molar-refractivity contribution is 0.294. The number of hydrogen-bond donors (Lipinski definition) is 1. The van der Waals surface area contributed by atoms with Crippen LogP contribution in [0.25, 0.3) is 0 Å². The van der Waals surface area contributed by atoms with E-state index in [-0.39, 0.29) is 0 Å². The molecule has 0 saturated heterocycles. The zero-order valence-electron chi connectivity index (χ0n) is 10.00. The monoisotopic (exact) mass is 198 g/mol. The molecule has 1 unspecified atom stereocenters. The van der Waals surface area contributed by atoms with Crippen LogP contribution < -0.4 is 5.73 Å². The molecule has 1 rings (SSSR count). The summed E-state index contributed by atoms with van der Waals surface area (Å²) >= 11 is 0. The van der Waals surface area contributed by atoms with E-state index in [1.807, 2.05) is 0 Å². The van der Waals surface area contributed by atoms with Gasteiger partial charge in [0, 0.05) is 6.04 Å². The van der Waals surface area contributed by atoms with Gasteiger partial charge in [0.25, 0.3) is 0 Å². The maximum absolute atomic E-state index is 6.01. The van der Waals surface area contributed by atoms with Gasteiger partial charge in [0.1, 0.15) is 0 Å². The molecule has 1 saturated carbocycles. The van der Waals surface area contributed by atoms with Gasteiger partial charge in [-0.15, -0.1) is 0 Å². The first-order chi connectivity index (χ1) is 6.59. The summed E-state index contributed by atoms with van der Waals surface area (Å²) < 4.78 is 0. The first kappa shape index (κ1) is 12.0. The Labute approximate surface area is 88.8 Å². The number of hydrogen-bond acceptors (Lipinski definition) is 2. The van der Waals surface area contributed by atoms with Gasteiger partial charge in [0.2, 0.25) is 0 Å². The highest BCUT2D eigenvalue weighted by Crippen LogP contribution is 2.32. The average Bonchev–Trinajstić information content (AvgIpc) is 2.94. The molecule has 0 radical (unpaired) electrons. The van der Waals surface area contributed by atoms with Crippen LogP contribution in [0.2, 0.25) is 0 Å². The van der Waals surface area contributed by atoms with E-state index < -0.39 is 0 Å². The first-order valence-electron chi connectivity index (χ1n) is 6.03. The largest absolute Gasteiger partial charge is 0.327 e. The van der Waals surface area contributed by atoms with Crippen LogP contribution in [0.15, 0.2) is 0 Å². The molecule has 2 heteroatoms. The van der Waals surface area contributed by atoms with Crippen molar-refractivity contribution >= 4 is 0 Å². The van der Waals surface area contributed by atoms with Crippen molar-refractivity contribution in [3.63, 3.8) is 0 Å². The minimum absolute atomic E-state index is 0.373. The second-order valence-electron chi connectivity index (χ2n) is 5.23. The Bertz CT molecular complexity index is 152. The average molecular weight is 198 g/mol. The Kier molecular flexibility index (Phi) is 4.90. The Morgan fingerprint density at radius 3 is 2.43 bits per heavy atom. The molecule has 0 bridgehead atoms. The second kappa shape index (κ2) is 5.72. The van der Waals surface area contributed by atoms with Crippen LogP contribution in [0, 0.1) is 11.8 Å². The third-order valence-corrected chi connectivity index (χ3v) is 3.32. The third-order valence-electron chi connectivity index (χ3n) is 3.32. The van der Waals surface area contributed by atoms with E-state index in [4.69, 9.17) is 5.73 Å². The van der Waals surface area contributed by atoms with E-state index in [9.17, 15) is 0 Å². The van der Waals surface area contributed by atoms with Crippen molar-refractivity contribution in [2.45, 2.75) is 45.6 Å². The molecule has 1 atom stereocenters. The van der Waals surface area contributed by atoms with Gasteiger partial charge in [-0.2, -0.15) is 0 Å². The molecular formula is C12H26N2. The standard InChI is InChI=1S/C12H26N2/c1-10(2)12(13)7-9-14(3)8-6-11-4-5-11/h10-12H,4-9,13H2,1-3H3. The maximum Gasteiger partial charge on any atom is 0.00740 e. The molecule has 0 amide bonds. The molecule has 84 valence electrons. The maximum atomic E-state index is 6.01. The van der Waals surface area contributed by atoms with E-state index in [0.717, 1.165) is 18.9 Å². The molecular weight excluding hydrogens is 172 g/mol. The molecule has 0 spiro atoms. The smallest absolute Gasteiger partial charge is 0.00740 e. The second-order valence-corrected chi connectivity index (χ2v) is 5.23. The van der Waals surface area contributed by atoms with Gasteiger partial charge in [0.15, 0.2) is 0 Å². The highest BCUT2D eigenvalue weighted by Gasteiger charge is 2.21. The fourth-order valence-electron chi connectivity index (χ4n) is 1.62. The molecule has 2 N–H and O–H groups in total. The topological polar surface area (TPSA) is 29.3 Å². The van der Waals surface area contributed by atoms with Crippen LogP contribution in [0.5, 0.6) is 0 Å². The van der Waals surface area contributed by atoms with Crippen LogP contribution in [0.3, 0.4) is 0 Å². The molecule has 1 aliphatic rings. The van der Waals surface area contributed by atoms with Gasteiger partial charge in [-0.1, -0.05) is 26.7 Å². The Morgan fingerprint density at radius 2 is 1.93 bits per heavy atom. The van der Waals surface area contributed by atoms with E-state index >= 15 is 0 Å². The summed E-state index contributed by atoms with van der Waals surface area (Å²) in [6.45, 7) is 6.82. The van der Waals surface area contributed by atoms with E-state index in [1.54, 1.807) is 0 Å². The molecule has 1 aliphatic carbocycles. The van der Waals surface area contributed by atoms with Gasteiger partial charge < -0.3 is 10.6 Å². The number of nitrogens with zero attached hydrogens (tertiary/aromatic N) is 1. The highest BCUT2D eigenvalue weighted by molar-refractivity contribution is 4.74. The number of nitrogens with two attached hydrogens (primary N) is 1. The molecule has 1 fully saturated rings. The lowest BCUT2D eigenvalue weighted by atomic mass is 10.0. The Morgan fingerprint density at radius 1 is 1.29 bits per heavy atom. The predicted molar refractivity (Wildman–Crippen MR) is 62.3 cm³/mol. The Balaban J connectivity index is 1.98. The van der Waals surface area contributed by atoms with Crippen molar-refractivity contribution in [3.05, 3.63) is 0 Å². The molecule has 0 heterocycles. The van der Waals surface area contributed by atoms with Crippen LogP contribution >= 0.6 is 0 Å². The quantitative estimate of drug-likeness (QED) is 0.679. The van der Waals surface area contributed by atoms with Crippen molar-refractivity contribution in [2.75, 3.05) is 20.1 Å². The Hall–Kier alpha value is -0.0800. The van der Waals surface area contributed by atoms with Gasteiger partial charge >= 0.3 is 0 Å². The van der Waals surface area contributed by atoms with Crippen LogP contribution in [0.1, 0.15) is 39.5 Å². The summed E-state index contributed by atoms with van der Waals surface area (Å²) in [6, 6.07) is 0.373. The summed E-state index contributed by atoms with van der Waals surface area (Å²) in [5.74, 6) is 1.67. The molecule has 2 nitrogen and oxygen atoms in total. The molecule has 14 heavy (non-hydrogen) atoms. The van der Waals surface area contributed by atoms with Crippen molar-refractivity contribution < 1.29 is 0 Å². The van der Waals surface area contributed by atoms with E-state index in [1.165, 1.54) is 25.8 Å². The minimum atomic E-state index is 0.373. The summed E-state index contributed by atoms with van der Waals surface area (Å²) in [5, 5.41) is 0. The summed E-state index contributed by atoms with van der Waals surface area (Å²) in [7, 11) is 2.22. The zero-order chi connectivity index (χ0) is 10.6. The zero-order valence-corrected chi connectivity index (χ0v) is 10.00. The van der Waals surface area contributed by atoms with Gasteiger partial charge in [0.05, 0.1) is 0 Å². The van der Waals surface area contributed by atoms with Crippen molar-refractivity contribution in [2.24, 2.45) is 17.6 Å². The van der Waals surface area contributed by atoms with Crippen LogP contribution in [-0.2, 0) is 0 Å². The van der Waals surface area contributed by atoms with Crippen LogP contribution in [0.4, 0.5) is 0 Å². The van der Waals surface area contributed by atoms with Gasteiger partial charge in [-0.3, -0.25) is 0 Å². The molecule has 0 aromatic carbocycles. The van der Waals surface area contributed by atoms with Crippen molar-refractivity contribution in [1.82, 2.24) is 4.90 Å². The fraction of sp³-hybridized carbons (Fsp3) is 1.00.